The Labute approximate surface area is 152 Å². The predicted octanol–water partition coefficient (Wildman–Crippen LogP) is 2.36. The molecular weight excluding hydrogens is 316 g/mol. The highest BCUT2D eigenvalue weighted by molar-refractivity contribution is 5.79. The van der Waals surface area contributed by atoms with Gasteiger partial charge in [-0.25, -0.2) is 0 Å². The van der Waals surface area contributed by atoms with E-state index in [0.29, 0.717) is 13.1 Å². The molecular formula is C19H34N4O2. The van der Waals surface area contributed by atoms with E-state index in [1.54, 1.807) is 7.11 Å². The van der Waals surface area contributed by atoms with E-state index in [1.807, 2.05) is 31.2 Å². The second kappa shape index (κ2) is 10.1. The van der Waals surface area contributed by atoms with Crippen LogP contribution in [0.2, 0.25) is 0 Å². The number of methoxy groups -OCH3 is 1. The zero-order valence-electron chi connectivity index (χ0n) is 16.7. The number of hydrogen-bond donors (Lipinski definition) is 2. The van der Waals surface area contributed by atoms with Crippen LogP contribution in [0.1, 0.15) is 27.7 Å². The molecule has 0 aromatic heterocycles. The Kier molecular flexibility index (Phi) is 8.55. The second-order valence-corrected chi connectivity index (χ2v) is 6.89. The lowest BCUT2D eigenvalue weighted by Gasteiger charge is -2.31. The van der Waals surface area contributed by atoms with E-state index in [0.717, 1.165) is 24.0 Å². The lowest BCUT2D eigenvalue weighted by atomic mass is 10.1. The van der Waals surface area contributed by atoms with Crippen LogP contribution in [0.5, 0.6) is 11.5 Å². The van der Waals surface area contributed by atoms with Crippen molar-refractivity contribution in [2.75, 3.05) is 40.8 Å². The normalized spacial score (nSPS) is 13.5. The third kappa shape index (κ3) is 7.65. The Morgan fingerprint density at radius 1 is 1.24 bits per heavy atom. The number of guanidine groups is 1. The van der Waals surface area contributed by atoms with Gasteiger partial charge in [-0.2, -0.15) is 0 Å². The molecule has 1 rings (SSSR count). The molecule has 0 spiro atoms. The van der Waals surface area contributed by atoms with Gasteiger partial charge in [-0.15, -0.1) is 0 Å². The largest absolute Gasteiger partial charge is 0.497 e. The number of nitrogens with one attached hydrogen (secondary N) is 2. The summed E-state index contributed by atoms with van der Waals surface area (Å²) in [6, 6.07) is 7.63. The third-order valence-corrected chi connectivity index (χ3v) is 4.11. The molecule has 1 aromatic rings. The number of ether oxygens (including phenoxy) is 2. The minimum atomic E-state index is -0.00202. The molecule has 0 saturated carbocycles. The van der Waals surface area contributed by atoms with Crippen molar-refractivity contribution in [2.24, 2.45) is 4.99 Å². The molecule has 1 atom stereocenters. The summed E-state index contributed by atoms with van der Waals surface area (Å²) in [5, 5.41) is 6.62. The Morgan fingerprint density at radius 2 is 1.92 bits per heavy atom. The lowest BCUT2D eigenvalue weighted by Crippen LogP contribution is -2.45. The summed E-state index contributed by atoms with van der Waals surface area (Å²) in [5.74, 6) is 2.39. The van der Waals surface area contributed by atoms with Crippen molar-refractivity contribution in [3.05, 3.63) is 24.3 Å². The fraction of sp³-hybridized carbons (Fsp3) is 0.632. The van der Waals surface area contributed by atoms with Crippen LogP contribution in [-0.4, -0.2) is 63.3 Å². The summed E-state index contributed by atoms with van der Waals surface area (Å²) in [6.45, 7) is 10.6. The van der Waals surface area contributed by atoms with Crippen LogP contribution in [0.25, 0.3) is 0 Å². The van der Waals surface area contributed by atoms with Gasteiger partial charge in [0.1, 0.15) is 17.6 Å². The molecule has 0 aliphatic rings. The first kappa shape index (κ1) is 21.1. The molecule has 2 N–H and O–H groups in total. The summed E-state index contributed by atoms with van der Waals surface area (Å²) in [4.78, 5) is 6.87. The first-order chi connectivity index (χ1) is 11.8. The fourth-order valence-electron chi connectivity index (χ4n) is 1.94. The summed E-state index contributed by atoms with van der Waals surface area (Å²) in [5.41, 5.74) is 0.00502. The van der Waals surface area contributed by atoms with Gasteiger partial charge in [0.15, 0.2) is 5.96 Å². The van der Waals surface area contributed by atoms with Crippen LogP contribution < -0.4 is 20.1 Å². The maximum atomic E-state index is 5.94. The van der Waals surface area contributed by atoms with Gasteiger partial charge in [0.05, 0.1) is 20.2 Å². The summed E-state index contributed by atoms with van der Waals surface area (Å²) < 4.78 is 11.2. The van der Waals surface area contributed by atoms with Crippen LogP contribution in [0, 0.1) is 0 Å². The van der Waals surface area contributed by atoms with Crippen molar-refractivity contribution in [1.29, 1.82) is 0 Å². The average molecular weight is 351 g/mol. The number of hydrogen-bond acceptors (Lipinski definition) is 4. The SMILES string of the molecule is CCNC(=NCC(C)(C)N(C)C)NCC(C)Oc1cccc(OC)c1. The molecule has 0 aliphatic carbocycles. The van der Waals surface area contributed by atoms with Crippen molar-refractivity contribution in [1.82, 2.24) is 15.5 Å². The summed E-state index contributed by atoms with van der Waals surface area (Å²) in [6.07, 6.45) is -0.00202. The first-order valence-corrected chi connectivity index (χ1v) is 8.78. The molecule has 0 radical (unpaired) electrons. The van der Waals surface area contributed by atoms with Gasteiger partial charge in [-0.05, 0) is 53.9 Å². The molecule has 0 amide bonds. The third-order valence-electron chi connectivity index (χ3n) is 4.11. The number of aliphatic imine (C=N–C) groups is 1. The lowest BCUT2D eigenvalue weighted by molar-refractivity contribution is 0.204. The van der Waals surface area contributed by atoms with Gasteiger partial charge in [-0.1, -0.05) is 6.07 Å². The monoisotopic (exact) mass is 350 g/mol. The number of benzene rings is 1. The van der Waals surface area contributed by atoms with Crippen LogP contribution in [0.3, 0.4) is 0 Å². The van der Waals surface area contributed by atoms with Crippen LogP contribution in [0.15, 0.2) is 29.3 Å². The quantitative estimate of drug-likeness (QED) is 0.529. The zero-order valence-corrected chi connectivity index (χ0v) is 16.7. The highest BCUT2D eigenvalue weighted by Gasteiger charge is 2.20. The zero-order chi connectivity index (χ0) is 18.9. The maximum absolute atomic E-state index is 5.94. The highest BCUT2D eigenvalue weighted by atomic mass is 16.5. The van der Waals surface area contributed by atoms with Gasteiger partial charge >= 0.3 is 0 Å². The molecule has 1 unspecified atom stereocenters. The average Bonchev–Trinajstić information content (AvgIpc) is 2.57. The van der Waals surface area contributed by atoms with E-state index in [1.165, 1.54) is 0 Å². The molecule has 25 heavy (non-hydrogen) atoms. The molecule has 0 heterocycles. The van der Waals surface area contributed by atoms with Crippen molar-refractivity contribution in [3.63, 3.8) is 0 Å². The molecule has 0 aliphatic heterocycles. The number of likely N-dealkylation sites (N-methyl/N-ethyl adjacent to an activating group) is 1. The Balaban J connectivity index is 2.58. The van der Waals surface area contributed by atoms with Crippen molar-refractivity contribution in [3.8, 4) is 11.5 Å². The predicted molar refractivity (Wildman–Crippen MR) is 105 cm³/mol. The Morgan fingerprint density at radius 3 is 2.52 bits per heavy atom. The van der Waals surface area contributed by atoms with Crippen LogP contribution >= 0.6 is 0 Å². The van der Waals surface area contributed by atoms with Crippen molar-refractivity contribution >= 4 is 5.96 Å². The van der Waals surface area contributed by atoms with E-state index in [-0.39, 0.29) is 11.6 Å². The Hall–Kier alpha value is -1.95. The molecule has 0 bridgehead atoms. The van der Waals surface area contributed by atoms with Crippen molar-refractivity contribution < 1.29 is 9.47 Å². The first-order valence-electron chi connectivity index (χ1n) is 8.78. The van der Waals surface area contributed by atoms with Crippen LogP contribution in [-0.2, 0) is 0 Å². The van der Waals surface area contributed by atoms with Gasteiger partial charge in [0.25, 0.3) is 0 Å². The van der Waals surface area contributed by atoms with E-state index < -0.39 is 0 Å². The molecule has 0 fully saturated rings. The van der Waals surface area contributed by atoms with E-state index >= 15 is 0 Å². The summed E-state index contributed by atoms with van der Waals surface area (Å²) in [7, 11) is 5.79. The number of rotatable bonds is 9. The fourth-order valence-corrected chi connectivity index (χ4v) is 1.94. The molecule has 142 valence electrons. The highest BCUT2D eigenvalue weighted by Crippen LogP contribution is 2.19. The Bertz CT molecular complexity index is 544. The smallest absolute Gasteiger partial charge is 0.191 e. The van der Waals surface area contributed by atoms with Gasteiger partial charge < -0.3 is 25.0 Å². The molecule has 6 nitrogen and oxygen atoms in total. The number of nitrogens with zero attached hydrogens (tertiary/aromatic N) is 2. The van der Waals surface area contributed by atoms with E-state index in [4.69, 9.17) is 9.47 Å². The van der Waals surface area contributed by atoms with E-state index in [2.05, 4.69) is 55.4 Å². The minimum absolute atomic E-state index is 0.00202. The minimum Gasteiger partial charge on any atom is -0.497 e. The van der Waals surface area contributed by atoms with Crippen LogP contribution in [0.4, 0.5) is 0 Å². The second-order valence-electron chi connectivity index (χ2n) is 6.89. The molecule has 1 aromatic carbocycles. The van der Waals surface area contributed by atoms with Crippen molar-refractivity contribution in [2.45, 2.75) is 39.3 Å². The van der Waals surface area contributed by atoms with Gasteiger partial charge in [-0.3, -0.25) is 4.99 Å². The molecule has 0 saturated heterocycles. The topological polar surface area (TPSA) is 58.1 Å². The molecule has 6 heteroatoms. The standard InChI is InChI=1S/C19H34N4O2/c1-8-20-18(22-14-19(3,4)23(5)6)21-13-15(2)25-17-11-9-10-16(12-17)24-7/h9-12,15H,8,13-14H2,1-7H3,(H2,20,21,22). The maximum Gasteiger partial charge on any atom is 0.191 e. The van der Waals surface area contributed by atoms with Gasteiger partial charge in [0, 0.05) is 18.2 Å². The van der Waals surface area contributed by atoms with Gasteiger partial charge in [0.2, 0.25) is 0 Å². The van der Waals surface area contributed by atoms with E-state index in [9.17, 15) is 0 Å². The summed E-state index contributed by atoms with van der Waals surface area (Å²) >= 11 is 0.